The van der Waals surface area contributed by atoms with Gasteiger partial charge in [0.25, 0.3) is 0 Å². The molecule has 0 aliphatic heterocycles. The molecule has 0 aliphatic carbocycles. The van der Waals surface area contributed by atoms with Crippen molar-refractivity contribution in [1.82, 2.24) is 4.31 Å². The Morgan fingerprint density at radius 3 is 2.57 bits per heavy atom. The molecule has 0 unspecified atom stereocenters. The van der Waals surface area contributed by atoms with Gasteiger partial charge in [-0.3, -0.25) is 0 Å². The molecular formula is C14H17ClN2O3S. The Morgan fingerprint density at radius 1 is 1.29 bits per heavy atom. The highest BCUT2D eigenvalue weighted by atomic mass is 35.5. The Labute approximate surface area is 129 Å². The lowest BCUT2D eigenvalue weighted by Gasteiger charge is -2.17. The normalized spacial score (nSPS) is 12.0. The van der Waals surface area contributed by atoms with Crippen molar-refractivity contribution in [3.05, 3.63) is 52.4 Å². The molecule has 1 aromatic carbocycles. The summed E-state index contributed by atoms with van der Waals surface area (Å²) in [6.45, 7) is 2.22. The second kappa shape index (κ2) is 6.19. The van der Waals surface area contributed by atoms with Crippen LogP contribution in [0.1, 0.15) is 16.9 Å². The van der Waals surface area contributed by atoms with Crippen molar-refractivity contribution in [2.24, 2.45) is 5.73 Å². The number of aryl methyl sites for hydroxylation is 1. The van der Waals surface area contributed by atoms with Gasteiger partial charge in [-0.25, -0.2) is 8.42 Å². The summed E-state index contributed by atoms with van der Waals surface area (Å²) in [7, 11) is -2.08. The lowest BCUT2D eigenvalue weighted by atomic mass is 10.2. The van der Waals surface area contributed by atoms with Crippen molar-refractivity contribution < 1.29 is 12.8 Å². The quantitative estimate of drug-likeness (QED) is 0.915. The SMILES string of the molecule is Cc1occc1CN(C)S(=O)(=O)c1ccc(Cl)c(CN)c1. The van der Waals surface area contributed by atoms with Gasteiger partial charge in [-0.05, 0) is 36.8 Å². The Morgan fingerprint density at radius 2 is 2.00 bits per heavy atom. The van der Waals surface area contributed by atoms with Gasteiger partial charge in [0, 0.05) is 30.7 Å². The minimum absolute atomic E-state index is 0.177. The van der Waals surface area contributed by atoms with E-state index < -0.39 is 10.0 Å². The van der Waals surface area contributed by atoms with E-state index >= 15 is 0 Å². The maximum absolute atomic E-state index is 12.6. The summed E-state index contributed by atoms with van der Waals surface area (Å²) in [5.74, 6) is 0.704. The van der Waals surface area contributed by atoms with Crippen LogP contribution >= 0.6 is 11.6 Å². The van der Waals surface area contributed by atoms with Crippen LogP contribution < -0.4 is 5.73 Å². The van der Waals surface area contributed by atoms with E-state index in [1.807, 2.05) is 0 Å². The zero-order valence-electron chi connectivity index (χ0n) is 11.8. The number of sulfonamides is 1. The van der Waals surface area contributed by atoms with Gasteiger partial charge in [-0.15, -0.1) is 0 Å². The molecule has 0 spiro atoms. The number of halogens is 1. The molecule has 2 N–H and O–H groups in total. The van der Waals surface area contributed by atoms with E-state index in [-0.39, 0.29) is 18.0 Å². The Kier molecular flexibility index (Phi) is 4.73. The molecule has 0 saturated carbocycles. The zero-order chi connectivity index (χ0) is 15.6. The highest BCUT2D eigenvalue weighted by Gasteiger charge is 2.22. The van der Waals surface area contributed by atoms with Crippen molar-refractivity contribution in [3.63, 3.8) is 0 Å². The van der Waals surface area contributed by atoms with Crippen LogP contribution in [0.4, 0.5) is 0 Å². The topological polar surface area (TPSA) is 76.5 Å². The second-order valence-electron chi connectivity index (χ2n) is 4.72. The van der Waals surface area contributed by atoms with Gasteiger partial charge < -0.3 is 10.2 Å². The summed E-state index contributed by atoms with van der Waals surface area (Å²) in [6.07, 6.45) is 1.54. The number of hydrogen-bond acceptors (Lipinski definition) is 4. The van der Waals surface area contributed by atoms with Crippen molar-refractivity contribution >= 4 is 21.6 Å². The minimum Gasteiger partial charge on any atom is -0.469 e. The summed E-state index contributed by atoms with van der Waals surface area (Å²) in [6, 6.07) is 6.30. The van der Waals surface area contributed by atoms with Crippen LogP contribution in [0, 0.1) is 6.92 Å². The first-order chi connectivity index (χ1) is 9.86. The predicted octanol–water partition coefficient (Wildman–Crippen LogP) is 2.52. The van der Waals surface area contributed by atoms with Crippen molar-refractivity contribution in [1.29, 1.82) is 0 Å². The Balaban J connectivity index is 2.31. The minimum atomic E-state index is -3.60. The van der Waals surface area contributed by atoms with E-state index in [2.05, 4.69) is 0 Å². The van der Waals surface area contributed by atoms with Gasteiger partial charge in [0.2, 0.25) is 10.0 Å². The summed E-state index contributed by atoms with van der Waals surface area (Å²) < 4.78 is 31.6. The van der Waals surface area contributed by atoms with Crippen LogP contribution in [0.15, 0.2) is 39.8 Å². The van der Waals surface area contributed by atoms with Crippen LogP contribution in [0.5, 0.6) is 0 Å². The molecule has 2 rings (SSSR count). The third kappa shape index (κ3) is 3.29. The van der Waals surface area contributed by atoms with Crippen molar-refractivity contribution in [2.75, 3.05) is 7.05 Å². The molecule has 0 fully saturated rings. The molecule has 21 heavy (non-hydrogen) atoms. The first-order valence-electron chi connectivity index (χ1n) is 6.34. The molecule has 0 saturated heterocycles. The number of rotatable bonds is 5. The van der Waals surface area contributed by atoms with Crippen LogP contribution in [0.3, 0.4) is 0 Å². The third-order valence-corrected chi connectivity index (χ3v) is 5.47. The van der Waals surface area contributed by atoms with E-state index in [0.29, 0.717) is 16.3 Å². The first kappa shape index (κ1) is 16.0. The first-order valence-corrected chi connectivity index (χ1v) is 8.16. The largest absolute Gasteiger partial charge is 0.469 e. The Hall–Kier alpha value is -1.34. The Bertz CT molecular complexity index is 740. The van der Waals surface area contributed by atoms with E-state index in [0.717, 1.165) is 5.56 Å². The zero-order valence-corrected chi connectivity index (χ0v) is 13.4. The average Bonchev–Trinajstić information content (AvgIpc) is 2.84. The van der Waals surface area contributed by atoms with E-state index in [9.17, 15) is 8.42 Å². The number of furan rings is 1. The second-order valence-corrected chi connectivity index (χ2v) is 7.17. The summed E-state index contributed by atoms with van der Waals surface area (Å²) in [4.78, 5) is 0.177. The van der Waals surface area contributed by atoms with Crippen LogP contribution in [-0.2, 0) is 23.1 Å². The molecule has 0 aliphatic rings. The summed E-state index contributed by atoms with van der Waals surface area (Å²) in [5, 5.41) is 0.463. The molecular weight excluding hydrogens is 312 g/mol. The fourth-order valence-electron chi connectivity index (χ4n) is 1.95. The lowest BCUT2D eigenvalue weighted by Crippen LogP contribution is -2.26. The van der Waals surface area contributed by atoms with Gasteiger partial charge in [-0.2, -0.15) is 4.31 Å². The monoisotopic (exact) mass is 328 g/mol. The van der Waals surface area contributed by atoms with E-state index in [1.165, 1.54) is 23.5 Å². The number of nitrogens with two attached hydrogens (primary N) is 1. The van der Waals surface area contributed by atoms with Crippen LogP contribution in [-0.4, -0.2) is 19.8 Å². The number of hydrogen-bond donors (Lipinski definition) is 1. The molecule has 114 valence electrons. The molecule has 0 bridgehead atoms. The number of nitrogens with zero attached hydrogens (tertiary/aromatic N) is 1. The van der Waals surface area contributed by atoms with Gasteiger partial charge in [-0.1, -0.05) is 11.6 Å². The van der Waals surface area contributed by atoms with Crippen molar-refractivity contribution in [3.8, 4) is 0 Å². The van der Waals surface area contributed by atoms with Crippen molar-refractivity contribution in [2.45, 2.75) is 24.9 Å². The molecule has 2 aromatic rings. The summed E-state index contributed by atoms with van der Waals surface area (Å²) in [5.41, 5.74) is 6.99. The van der Waals surface area contributed by atoms with E-state index in [1.54, 1.807) is 25.3 Å². The van der Waals surface area contributed by atoms with Gasteiger partial charge in [0.15, 0.2) is 0 Å². The molecule has 5 nitrogen and oxygen atoms in total. The average molecular weight is 329 g/mol. The maximum atomic E-state index is 12.6. The molecule has 0 atom stereocenters. The molecule has 7 heteroatoms. The van der Waals surface area contributed by atoms with Crippen LogP contribution in [0.25, 0.3) is 0 Å². The van der Waals surface area contributed by atoms with Gasteiger partial charge in [0.1, 0.15) is 5.76 Å². The lowest BCUT2D eigenvalue weighted by molar-refractivity contribution is 0.459. The highest BCUT2D eigenvalue weighted by Crippen LogP contribution is 2.23. The molecule has 0 amide bonds. The predicted molar refractivity (Wildman–Crippen MR) is 81.4 cm³/mol. The fourth-order valence-corrected chi connectivity index (χ4v) is 3.34. The van der Waals surface area contributed by atoms with Crippen LogP contribution in [0.2, 0.25) is 5.02 Å². The van der Waals surface area contributed by atoms with Gasteiger partial charge >= 0.3 is 0 Å². The van der Waals surface area contributed by atoms with E-state index in [4.69, 9.17) is 21.8 Å². The number of benzene rings is 1. The third-order valence-electron chi connectivity index (χ3n) is 3.30. The maximum Gasteiger partial charge on any atom is 0.243 e. The van der Waals surface area contributed by atoms with Gasteiger partial charge in [0.05, 0.1) is 11.2 Å². The fraction of sp³-hybridized carbons (Fsp3) is 0.286. The summed E-state index contributed by atoms with van der Waals surface area (Å²) >= 11 is 5.96. The standard InChI is InChI=1S/C14H17ClN2O3S/c1-10-11(5-6-20-10)9-17(2)21(18,19)13-3-4-14(15)12(7-13)8-16/h3-7H,8-9,16H2,1-2H3. The smallest absolute Gasteiger partial charge is 0.243 e. The highest BCUT2D eigenvalue weighted by molar-refractivity contribution is 7.89. The molecule has 0 radical (unpaired) electrons. The molecule has 1 aromatic heterocycles. The molecule has 1 heterocycles.